The zero-order valence-electron chi connectivity index (χ0n) is 14.7. The second kappa shape index (κ2) is 6.28. The second-order valence-electron chi connectivity index (χ2n) is 8.11. The Morgan fingerprint density at radius 1 is 1.21 bits per heavy atom. The van der Waals surface area contributed by atoms with Crippen molar-refractivity contribution in [2.75, 3.05) is 13.1 Å². The molecule has 1 aliphatic heterocycles. The van der Waals surface area contributed by atoms with Gasteiger partial charge in [0.25, 0.3) is 0 Å². The molecule has 1 N–H and O–H groups in total. The molecule has 2 heterocycles. The maximum absolute atomic E-state index is 13.0. The van der Waals surface area contributed by atoms with Crippen molar-refractivity contribution < 1.29 is 4.79 Å². The third kappa shape index (κ3) is 2.72. The maximum atomic E-state index is 13.0. The highest BCUT2D eigenvalue weighted by atomic mass is 32.1. The number of nitrogens with one attached hydrogen (secondary N) is 1. The Morgan fingerprint density at radius 3 is 2.58 bits per heavy atom. The van der Waals surface area contributed by atoms with Gasteiger partial charge < -0.3 is 9.47 Å². The van der Waals surface area contributed by atoms with Crippen LogP contribution in [0, 0.1) is 22.5 Å². The predicted octanol–water partition coefficient (Wildman–Crippen LogP) is 3.66. The normalized spacial score (nSPS) is 32.7. The smallest absolute Gasteiger partial charge is 0.226 e. The largest absolute Gasteiger partial charge is 0.342 e. The molecule has 132 valence electrons. The number of carbonyl (C=O) groups is 1. The number of amides is 1. The van der Waals surface area contributed by atoms with E-state index in [0.29, 0.717) is 40.4 Å². The fourth-order valence-corrected chi connectivity index (χ4v) is 5.41. The van der Waals surface area contributed by atoms with Crippen LogP contribution in [0.4, 0.5) is 0 Å². The van der Waals surface area contributed by atoms with Crippen molar-refractivity contribution in [3.8, 4) is 0 Å². The van der Waals surface area contributed by atoms with Gasteiger partial charge in [-0.15, -0.1) is 0 Å². The molecule has 1 unspecified atom stereocenters. The Morgan fingerprint density at radius 2 is 1.92 bits per heavy atom. The van der Waals surface area contributed by atoms with Crippen LogP contribution in [0.1, 0.15) is 70.2 Å². The molecular formula is C18H28N4OS. The lowest BCUT2D eigenvalue weighted by atomic mass is 9.96. The molecule has 0 radical (unpaired) electrons. The summed E-state index contributed by atoms with van der Waals surface area (Å²) in [6, 6.07) is 0.295. The molecule has 4 rings (SSSR count). The van der Waals surface area contributed by atoms with E-state index in [4.69, 9.17) is 12.2 Å². The standard InChI is InChI=1S/C18H28N4OS/c1-11(2)22-16(19-20-18(22)24)12-6-5-9-21(10-12)17(23)15-13-7-3-4-8-14(13)15/h11-15H,3-10H2,1-2H3,(H,20,24)/t12-,13-,14+,15?/m0/s1. The number of hydrogen-bond donors (Lipinski definition) is 1. The Labute approximate surface area is 148 Å². The second-order valence-corrected chi connectivity index (χ2v) is 8.50. The number of rotatable bonds is 3. The van der Waals surface area contributed by atoms with Crippen LogP contribution in [-0.2, 0) is 4.79 Å². The van der Waals surface area contributed by atoms with E-state index in [2.05, 4.69) is 33.5 Å². The Bertz CT molecular complexity index is 667. The SMILES string of the molecule is CC(C)n1c([C@H]2CCCN(C(=O)C3[C@H]4CCCC[C@@H]34)C2)n[nH]c1=S. The van der Waals surface area contributed by atoms with E-state index in [0.717, 1.165) is 31.8 Å². The minimum atomic E-state index is 0.295. The number of H-pyrrole nitrogens is 1. The number of carbonyl (C=O) groups excluding carboxylic acids is 1. The maximum Gasteiger partial charge on any atom is 0.226 e. The fourth-order valence-electron chi connectivity index (χ4n) is 5.06. The molecule has 2 saturated carbocycles. The first-order chi connectivity index (χ1) is 11.6. The van der Waals surface area contributed by atoms with Gasteiger partial charge in [0.2, 0.25) is 5.91 Å². The molecule has 2 aliphatic carbocycles. The number of fused-ring (bicyclic) bond motifs is 1. The highest BCUT2D eigenvalue weighted by Crippen LogP contribution is 2.56. The molecule has 0 spiro atoms. The van der Waals surface area contributed by atoms with Crippen LogP contribution in [0.2, 0.25) is 0 Å². The van der Waals surface area contributed by atoms with Crippen LogP contribution in [0.25, 0.3) is 0 Å². The molecule has 6 heteroatoms. The summed E-state index contributed by atoms with van der Waals surface area (Å²) in [5.74, 6) is 3.47. The zero-order valence-corrected chi connectivity index (χ0v) is 15.5. The van der Waals surface area contributed by atoms with E-state index < -0.39 is 0 Å². The average molecular weight is 349 g/mol. The molecule has 3 aliphatic rings. The zero-order chi connectivity index (χ0) is 16.8. The summed E-state index contributed by atoms with van der Waals surface area (Å²) in [4.78, 5) is 15.1. The van der Waals surface area contributed by atoms with Gasteiger partial charge >= 0.3 is 0 Å². The van der Waals surface area contributed by atoms with Gasteiger partial charge in [-0.1, -0.05) is 12.8 Å². The minimum Gasteiger partial charge on any atom is -0.342 e. The third-order valence-electron chi connectivity index (χ3n) is 6.29. The van der Waals surface area contributed by atoms with Crippen molar-refractivity contribution in [1.29, 1.82) is 0 Å². The number of hydrogen-bond acceptors (Lipinski definition) is 3. The van der Waals surface area contributed by atoms with E-state index in [1.54, 1.807) is 0 Å². The van der Waals surface area contributed by atoms with Gasteiger partial charge in [0.15, 0.2) is 4.77 Å². The van der Waals surface area contributed by atoms with Gasteiger partial charge in [-0.05, 0) is 63.6 Å². The van der Waals surface area contributed by atoms with E-state index in [1.807, 2.05) is 0 Å². The summed E-state index contributed by atoms with van der Waals surface area (Å²) in [6.45, 7) is 5.99. The molecule has 24 heavy (non-hydrogen) atoms. The van der Waals surface area contributed by atoms with E-state index in [9.17, 15) is 4.79 Å². The molecule has 5 nitrogen and oxygen atoms in total. The van der Waals surface area contributed by atoms with Gasteiger partial charge in [0, 0.05) is 31.0 Å². The molecule has 0 aromatic carbocycles. The monoisotopic (exact) mass is 348 g/mol. The molecule has 0 bridgehead atoms. The van der Waals surface area contributed by atoms with Crippen LogP contribution in [-0.4, -0.2) is 38.7 Å². The van der Waals surface area contributed by atoms with Crippen LogP contribution >= 0.6 is 12.2 Å². The molecule has 1 amide bonds. The van der Waals surface area contributed by atoms with Crippen molar-refractivity contribution in [3.63, 3.8) is 0 Å². The fraction of sp³-hybridized carbons (Fsp3) is 0.833. The van der Waals surface area contributed by atoms with Gasteiger partial charge in [-0.25, -0.2) is 0 Å². The molecule has 1 aromatic heterocycles. The number of aromatic nitrogens is 3. The summed E-state index contributed by atoms with van der Waals surface area (Å²) >= 11 is 5.38. The van der Waals surface area contributed by atoms with Crippen LogP contribution < -0.4 is 0 Å². The molecule has 4 atom stereocenters. The van der Waals surface area contributed by atoms with Crippen molar-refractivity contribution in [2.24, 2.45) is 17.8 Å². The number of likely N-dealkylation sites (tertiary alicyclic amines) is 1. The van der Waals surface area contributed by atoms with E-state index in [1.165, 1.54) is 25.7 Å². The van der Waals surface area contributed by atoms with Gasteiger partial charge in [-0.2, -0.15) is 5.10 Å². The van der Waals surface area contributed by atoms with Gasteiger partial charge in [0.1, 0.15) is 5.82 Å². The predicted molar refractivity (Wildman–Crippen MR) is 95.3 cm³/mol. The van der Waals surface area contributed by atoms with Crippen LogP contribution in [0.15, 0.2) is 0 Å². The summed E-state index contributed by atoms with van der Waals surface area (Å²) in [5, 5.41) is 7.44. The number of aromatic amines is 1. The first-order valence-electron chi connectivity index (χ1n) is 9.53. The average Bonchev–Trinajstić information content (AvgIpc) is 3.19. The molecule has 3 fully saturated rings. The first kappa shape index (κ1) is 16.3. The summed E-state index contributed by atoms with van der Waals surface area (Å²) in [5.41, 5.74) is 0. The van der Waals surface area contributed by atoms with Gasteiger partial charge in [-0.3, -0.25) is 9.89 Å². The van der Waals surface area contributed by atoms with Gasteiger partial charge in [0.05, 0.1) is 0 Å². The highest BCUT2D eigenvalue weighted by Gasteiger charge is 2.56. The van der Waals surface area contributed by atoms with Crippen molar-refractivity contribution in [2.45, 2.75) is 64.3 Å². The van der Waals surface area contributed by atoms with Crippen LogP contribution in [0.5, 0.6) is 0 Å². The summed E-state index contributed by atoms with van der Waals surface area (Å²) in [6.07, 6.45) is 7.33. The molecule has 1 saturated heterocycles. The first-order valence-corrected chi connectivity index (χ1v) is 9.94. The lowest BCUT2D eigenvalue weighted by molar-refractivity contribution is -0.134. The quantitative estimate of drug-likeness (QED) is 0.848. The lowest BCUT2D eigenvalue weighted by Crippen LogP contribution is -2.41. The van der Waals surface area contributed by atoms with E-state index in [-0.39, 0.29) is 0 Å². The van der Waals surface area contributed by atoms with Crippen LogP contribution in [0.3, 0.4) is 0 Å². The van der Waals surface area contributed by atoms with Crippen molar-refractivity contribution in [3.05, 3.63) is 10.6 Å². The molecular weight excluding hydrogens is 320 g/mol. The van der Waals surface area contributed by atoms with Crippen molar-refractivity contribution >= 4 is 18.1 Å². The third-order valence-corrected chi connectivity index (χ3v) is 6.58. The topological polar surface area (TPSA) is 53.9 Å². The van der Waals surface area contributed by atoms with Crippen molar-refractivity contribution in [1.82, 2.24) is 19.7 Å². The summed E-state index contributed by atoms with van der Waals surface area (Å²) < 4.78 is 2.81. The highest BCUT2D eigenvalue weighted by molar-refractivity contribution is 7.71. The number of nitrogens with zero attached hydrogens (tertiary/aromatic N) is 3. The molecule has 1 aromatic rings. The minimum absolute atomic E-state index is 0.295. The summed E-state index contributed by atoms with van der Waals surface area (Å²) in [7, 11) is 0. The Kier molecular flexibility index (Phi) is 4.27. The Balaban J connectivity index is 1.48. The lowest BCUT2D eigenvalue weighted by Gasteiger charge is -2.33. The number of piperidine rings is 1. The van der Waals surface area contributed by atoms with E-state index >= 15 is 0 Å². The Hall–Kier alpha value is -1.17.